The summed E-state index contributed by atoms with van der Waals surface area (Å²) >= 11 is 4.82. The van der Waals surface area contributed by atoms with Crippen molar-refractivity contribution in [3.05, 3.63) is 16.8 Å². The number of phosphoric ester groups is 1. The highest BCUT2D eigenvalue weighted by Gasteiger charge is 2.57. The summed E-state index contributed by atoms with van der Waals surface area (Å²) in [6.45, 7) is -1.37. The SMILES string of the molecule is C#C[C@]1(COP(=O)(O)OP(=O)(O)OP(=O)(O)O)O[C@@H](n2cc(F)c(N)nc2=S)[C@@H](F)[C@H]1O. The molecule has 0 aliphatic carbocycles. The van der Waals surface area contributed by atoms with Crippen LogP contribution in [-0.2, 0) is 31.6 Å². The molecule has 0 spiro atoms. The molecule has 21 heteroatoms. The van der Waals surface area contributed by atoms with Crippen LogP contribution in [-0.4, -0.2) is 58.7 Å². The summed E-state index contributed by atoms with van der Waals surface area (Å²) in [6.07, 6.45) is -0.801. The number of terminal acetylenes is 1. The average molecular weight is 543 g/mol. The van der Waals surface area contributed by atoms with Gasteiger partial charge >= 0.3 is 23.5 Å². The first kappa shape index (κ1) is 27.1. The van der Waals surface area contributed by atoms with E-state index in [0.29, 0.717) is 10.8 Å². The van der Waals surface area contributed by atoms with Gasteiger partial charge in [0.1, 0.15) is 12.7 Å². The van der Waals surface area contributed by atoms with Crippen LogP contribution >= 0.6 is 35.7 Å². The molecule has 0 radical (unpaired) electrons. The summed E-state index contributed by atoms with van der Waals surface area (Å²) in [4.78, 5) is 39.0. The lowest BCUT2D eigenvalue weighted by Crippen LogP contribution is -2.44. The number of halogens is 2. The Bertz CT molecular complexity index is 1140. The summed E-state index contributed by atoms with van der Waals surface area (Å²) in [7, 11) is -17.2. The molecule has 2 rings (SSSR count). The third kappa shape index (κ3) is 6.25. The molecule has 0 amide bonds. The second-order valence-electron chi connectivity index (χ2n) is 5.96. The van der Waals surface area contributed by atoms with Gasteiger partial charge in [0, 0.05) is 6.20 Å². The molecule has 1 aliphatic heterocycles. The van der Waals surface area contributed by atoms with Crippen molar-refractivity contribution < 1.29 is 65.0 Å². The van der Waals surface area contributed by atoms with Crippen molar-refractivity contribution in [2.45, 2.75) is 24.1 Å². The molecule has 1 aromatic heterocycles. The predicted molar refractivity (Wildman–Crippen MR) is 99.8 cm³/mol. The molecular formula is C11H14F2N3O12P3S. The van der Waals surface area contributed by atoms with Crippen molar-refractivity contribution in [3.63, 3.8) is 0 Å². The predicted octanol–water partition coefficient (Wildman–Crippen LogP) is 0.277. The summed E-state index contributed by atoms with van der Waals surface area (Å²) < 4.78 is 78.9. The van der Waals surface area contributed by atoms with E-state index in [-0.39, 0.29) is 0 Å². The van der Waals surface area contributed by atoms with Crippen molar-refractivity contribution in [1.82, 2.24) is 9.55 Å². The topological polar surface area (TPSA) is 233 Å². The number of hydrogen-bond donors (Lipinski definition) is 6. The molecule has 1 aromatic rings. The fraction of sp³-hybridized carbons (Fsp3) is 0.455. The lowest BCUT2D eigenvalue weighted by Gasteiger charge is -2.27. The molecule has 1 aliphatic rings. The van der Waals surface area contributed by atoms with Gasteiger partial charge in [-0.25, -0.2) is 22.5 Å². The average Bonchev–Trinajstić information content (AvgIpc) is 2.85. The number of aliphatic hydroxyl groups excluding tert-OH is 1. The number of rotatable bonds is 8. The molecular weight excluding hydrogens is 529 g/mol. The molecule has 180 valence electrons. The first-order valence-corrected chi connectivity index (χ1v) is 12.7. The quantitative estimate of drug-likeness (QED) is 0.147. The number of alkyl halides is 1. The Balaban J connectivity index is 2.25. The molecule has 6 atom stereocenters. The number of anilines is 1. The highest BCUT2D eigenvalue weighted by molar-refractivity contribution is 7.71. The van der Waals surface area contributed by atoms with Crippen molar-refractivity contribution >= 4 is 41.5 Å². The van der Waals surface area contributed by atoms with Gasteiger partial charge in [0.2, 0.25) is 4.77 Å². The first-order valence-electron chi connectivity index (χ1n) is 7.72. The van der Waals surface area contributed by atoms with E-state index in [4.69, 9.17) is 43.8 Å². The van der Waals surface area contributed by atoms with Crippen LogP contribution < -0.4 is 5.73 Å². The molecule has 1 fully saturated rings. The zero-order valence-corrected chi connectivity index (χ0v) is 18.7. The lowest BCUT2D eigenvalue weighted by atomic mass is 9.98. The van der Waals surface area contributed by atoms with E-state index < -0.39 is 70.6 Å². The van der Waals surface area contributed by atoms with Crippen LogP contribution in [0.2, 0.25) is 0 Å². The van der Waals surface area contributed by atoms with Gasteiger partial charge in [0.15, 0.2) is 29.6 Å². The largest absolute Gasteiger partial charge is 0.490 e. The number of ether oxygens (including phenoxy) is 1. The lowest BCUT2D eigenvalue weighted by molar-refractivity contribution is -0.0902. The van der Waals surface area contributed by atoms with Gasteiger partial charge in [-0.15, -0.1) is 6.42 Å². The highest BCUT2D eigenvalue weighted by atomic mass is 32.1. The Labute approximate surface area is 182 Å². The minimum atomic E-state index is -5.84. The Hall–Kier alpha value is -1.15. The van der Waals surface area contributed by atoms with Crippen molar-refractivity contribution in [3.8, 4) is 12.3 Å². The van der Waals surface area contributed by atoms with Gasteiger partial charge in [-0.05, 0) is 12.2 Å². The highest BCUT2D eigenvalue weighted by Crippen LogP contribution is 2.66. The van der Waals surface area contributed by atoms with Gasteiger partial charge in [-0.3, -0.25) is 9.09 Å². The minimum Gasteiger partial charge on any atom is -0.386 e. The molecule has 1 saturated heterocycles. The smallest absolute Gasteiger partial charge is 0.386 e. The number of nitrogens with two attached hydrogens (primary N) is 1. The van der Waals surface area contributed by atoms with Crippen LogP contribution in [0.4, 0.5) is 14.6 Å². The summed E-state index contributed by atoms with van der Waals surface area (Å²) in [5.41, 5.74) is 2.68. The Morgan fingerprint density at radius 3 is 2.44 bits per heavy atom. The van der Waals surface area contributed by atoms with Crippen LogP contribution in [0, 0.1) is 22.9 Å². The normalized spacial score (nSPS) is 29.8. The van der Waals surface area contributed by atoms with E-state index >= 15 is 0 Å². The molecule has 2 heterocycles. The zero-order valence-electron chi connectivity index (χ0n) is 15.2. The fourth-order valence-electron chi connectivity index (χ4n) is 2.37. The van der Waals surface area contributed by atoms with Crippen LogP contribution in [0.5, 0.6) is 0 Å². The second-order valence-corrected chi connectivity index (χ2v) is 10.7. The molecule has 2 unspecified atom stereocenters. The van der Waals surface area contributed by atoms with Gasteiger partial charge < -0.3 is 35.2 Å². The maximum absolute atomic E-state index is 14.7. The van der Waals surface area contributed by atoms with Crippen molar-refractivity contribution in [1.29, 1.82) is 0 Å². The van der Waals surface area contributed by atoms with Gasteiger partial charge in [0.05, 0.1) is 0 Å². The van der Waals surface area contributed by atoms with Gasteiger partial charge in [0.25, 0.3) is 0 Å². The van der Waals surface area contributed by atoms with Crippen LogP contribution in [0.15, 0.2) is 6.20 Å². The van der Waals surface area contributed by atoms with Gasteiger partial charge in [-0.2, -0.15) is 13.6 Å². The summed E-state index contributed by atoms with van der Waals surface area (Å²) in [5.74, 6) is 0.0339. The number of aromatic nitrogens is 2. The molecule has 0 saturated carbocycles. The molecule has 7 N–H and O–H groups in total. The van der Waals surface area contributed by atoms with E-state index in [2.05, 4.69) is 18.1 Å². The van der Waals surface area contributed by atoms with Crippen molar-refractivity contribution in [2.24, 2.45) is 0 Å². The van der Waals surface area contributed by atoms with E-state index in [0.717, 1.165) is 0 Å². The Kier molecular flexibility index (Phi) is 7.83. The standard InChI is InChI=1S/C11H14F2N3O12P3S/c1-2-11(4-25-30(21,22)28-31(23,24)27-29(18,19)20)7(17)6(13)9(26-11)16-3-5(12)8(14)15-10(16)32/h1,3,6-7,9,17H,4H2,(H,21,22)(H,23,24)(H2,14,15,32)(H2,18,19,20)/t6-,7+,9+,11+/m0/s1. The fourth-order valence-corrected chi connectivity index (χ4v) is 5.68. The number of hydrogen-bond acceptors (Lipinski definition) is 11. The number of aliphatic hydroxyl groups is 1. The number of nitrogens with zero attached hydrogens (tertiary/aromatic N) is 2. The van der Waals surface area contributed by atoms with E-state index in [9.17, 15) is 32.5 Å². The minimum absolute atomic E-state index is 0.482. The van der Waals surface area contributed by atoms with Crippen LogP contribution in [0.1, 0.15) is 6.23 Å². The molecule has 15 nitrogen and oxygen atoms in total. The molecule has 0 aromatic carbocycles. The maximum atomic E-state index is 14.7. The maximum Gasteiger partial charge on any atom is 0.490 e. The number of nitrogen functional groups attached to an aromatic ring is 1. The summed E-state index contributed by atoms with van der Waals surface area (Å²) in [5, 5.41) is 10.2. The third-order valence-electron chi connectivity index (χ3n) is 3.69. The molecule has 32 heavy (non-hydrogen) atoms. The monoisotopic (exact) mass is 543 g/mol. The second kappa shape index (κ2) is 9.24. The Morgan fingerprint density at radius 1 is 1.31 bits per heavy atom. The molecule has 0 bridgehead atoms. The zero-order chi connectivity index (χ0) is 24.7. The summed E-state index contributed by atoms with van der Waals surface area (Å²) in [6, 6.07) is 0. The van der Waals surface area contributed by atoms with E-state index in [1.54, 1.807) is 5.92 Å². The number of phosphoric acid groups is 3. The van der Waals surface area contributed by atoms with E-state index in [1.807, 2.05) is 0 Å². The van der Waals surface area contributed by atoms with Crippen molar-refractivity contribution in [2.75, 3.05) is 12.3 Å². The van der Waals surface area contributed by atoms with Gasteiger partial charge in [-0.1, -0.05) is 5.92 Å². The Morgan fingerprint density at radius 2 is 1.91 bits per heavy atom. The van der Waals surface area contributed by atoms with Crippen LogP contribution in [0.3, 0.4) is 0 Å². The van der Waals surface area contributed by atoms with E-state index in [1.165, 1.54) is 0 Å². The third-order valence-corrected chi connectivity index (χ3v) is 7.78. The first-order chi connectivity index (χ1) is 14.4. The van der Waals surface area contributed by atoms with Crippen LogP contribution in [0.25, 0.3) is 0 Å².